The number of nitrogens with one attached hydrogen (secondary N) is 1. The number of imide groups is 1. The fourth-order valence-electron chi connectivity index (χ4n) is 3.31. The van der Waals surface area contributed by atoms with Gasteiger partial charge in [0.15, 0.2) is 5.69 Å². The molecule has 1 aromatic rings. The maximum atomic E-state index is 12.8. The van der Waals surface area contributed by atoms with Gasteiger partial charge < -0.3 is 10.4 Å². The van der Waals surface area contributed by atoms with Gasteiger partial charge >= 0.3 is 17.8 Å². The lowest BCUT2D eigenvalue weighted by Crippen LogP contribution is -2.58. The van der Waals surface area contributed by atoms with Crippen molar-refractivity contribution >= 4 is 103 Å². The first-order valence-corrected chi connectivity index (χ1v) is 12.5. The first-order valence-electron chi connectivity index (χ1n) is 9.24. The number of hydrogen-bond acceptors (Lipinski definition) is 4. The number of benzene rings is 1. The molecule has 0 atom stereocenters. The first-order chi connectivity index (χ1) is 13.6. The lowest BCUT2D eigenvalue weighted by atomic mass is 10.0. The van der Waals surface area contributed by atoms with Gasteiger partial charge in [0, 0.05) is 6.42 Å². The predicted octanol–water partition coefficient (Wildman–Crippen LogP) is 4.89. The molecular formula is C19H22I3N2O5+. The van der Waals surface area contributed by atoms with Crippen LogP contribution < -0.4 is 9.80 Å². The second-order valence-corrected chi connectivity index (χ2v) is 10.2. The zero-order valence-corrected chi connectivity index (χ0v) is 22.6. The van der Waals surface area contributed by atoms with Crippen LogP contribution in [0, 0.1) is 10.7 Å². The molecule has 1 fully saturated rings. The van der Waals surface area contributed by atoms with E-state index in [-0.39, 0.29) is 36.1 Å². The van der Waals surface area contributed by atoms with Gasteiger partial charge in [0.25, 0.3) is 0 Å². The molecule has 3 amide bonds. The van der Waals surface area contributed by atoms with E-state index in [4.69, 9.17) is 0 Å². The third-order valence-electron chi connectivity index (χ3n) is 5.01. The Morgan fingerprint density at radius 1 is 1.03 bits per heavy atom. The Balaban J connectivity index is 2.67. The summed E-state index contributed by atoms with van der Waals surface area (Å²) in [5.41, 5.74) is 0.685. The van der Waals surface area contributed by atoms with E-state index in [1.165, 1.54) is 7.05 Å². The number of hydrogen-bond donors (Lipinski definition) is 2. The number of rotatable bonds is 7. The van der Waals surface area contributed by atoms with Crippen LogP contribution in [0.4, 0.5) is 11.4 Å². The number of piperidine rings is 1. The molecule has 0 aliphatic carbocycles. The monoisotopic (exact) mass is 739 g/mol. The maximum absolute atomic E-state index is 12.8. The molecule has 0 radical (unpaired) electrons. The van der Waals surface area contributed by atoms with Crippen molar-refractivity contribution in [3.05, 3.63) is 16.3 Å². The molecule has 1 saturated heterocycles. The van der Waals surface area contributed by atoms with E-state index in [0.717, 1.165) is 19.3 Å². The van der Waals surface area contributed by atoms with Gasteiger partial charge in [0.2, 0.25) is 5.91 Å². The number of carbonyl (C=O) groups is 4. The summed E-state index contributed by atoms with van der Waals surface area (Å²) >= 11 is 5.81. The fourth-order valence-corrected chi connectivity index (χ4v) is 8.17. The Bertz CT molecular complexity index is 869. The fraction of sp³-hybridized carbons (Fsp3) is 0.474. The molecule has 1 aromatic carbocycles. The molecule has 2 N–H and O–H groups in total. The SMILES string of the molecule is CCCCCC(=O)Nc1c(I)c(C(=O)O)c(I)c([N+]2(C)C(=O)CCCC2=O)c1I. The maximum Gasteiger partial charge on any atom is 0.338 e. The molecule has 158 valence electrons. The van der Waals surface area contributed by atoms with Gasteiger partial charge in [-0.15, -0.1) is 0 Å². The Kier molecular flexibility index (Phi) is 8.86. The third-order valence-corrected chi connectivity index (χ3v) is 8.18. The lowest BCUT2D eigenvalue weighted by Gasteiger charge is -2.34. The summed E-state index contributed by atoms with van der Waals surface area (Å²) in [4.78, 5) is 50.1. The lowest BCUT2D eigenvalue weighted by molar-refractivity contribution is -0.145. The zero-order chi connectivity index (χ0) is 21.9. The van der Waals surface area contributed by atoms with Gasteiger partial charge in [-0.2, -0.15) is 4.48 Å². The molecule has 0 saturated carbocycles. The Hall–Kier alpha value is -0.350. The van der Waals surface area contributed by atoms with Crippen molar-refractivity contribution in [1.29, 1.82) is 0 Å². The number of carboxylic acid groups (broad SMARTS) is 1. The molecule has 1 aliphatic heterocycles. The molecule has 29 heavy (non-hydrogen) atoms. The van der Waals surface area contributed by atoms with E-state index in [9.17, 15) is 24.3 Å². The average molecular weight is 739 g/mol. The highest BCUT2D eigenvalue weighted by atomic mass is 127. The van der Waals surface area contributed by atoms with Crippen molar-refractivity contribution in [1.82, 2.24) is 4.48 Å². The first kappa shape index (κ1) is 24.9. The van der Waals surface area contributed by atoms with Crippen LogP contribution in [0.5, 0.6) is 0 Å². The van der Waals surface area contributed by atoms with Crippen molar-refractivity contribution in [2.24, 2.45) is 0 Å². The number of amides is 3. The topological polar surface area (TPSA) is 101 Å². The van der Waals surface area contributed by atoms with E-state index in [2.05, 4.69) is 5.32 Å². The van der Waals surface area contributed by atoms with E-state index in [1.807, 2.05) is 74.7 Å². The van der Waals surface area contributed by atoms with Crippen molar-refractivity contribution in [3.8, 4) is 0 Å². The second-order valence-electron chi connectivity index (χ2n) is 7.00. The Morgan fingerprint density at radius 3 is 2.14 bits per heavy atom. The van der Waals surface area contributed by atoms with Gasteiger partial charge in [-0.3, -0.25) is 4.79 Å². The van der Waals surface area contributed by atoms with Gasteiger partial charge in [0.05, 0.1) is 38.3 Å². The number of anilines is 1. The number of carboxylic acids is 1. The van der Waals surface area contributed by atoms with Crippen LogP contribution in [0.2, 0.25) is 0 Å². The van der Waals surface area contributed by atoms with Gasteiger partial charge in [-0.25, -0.2) is 14.4 Å². The van der Waals surface area contributed by atoms with Crippen LogP contribution in [0.1, 0.15) is 62.2 Å². The van der Waals surface area contributed by atoms with Crippen LogP contribution in [0.3, 0.4) is 0 Å². The van der Waals surface area contributed by atoms with Gasteiger partial charge in [-0.1, -0.05) is 19.8 Å². The van der Waals surface area contributed by atoms with Crippen molar-refractivity contribution < 1.29 is 24.3 Å². The van der Waals surface area contributed by atoms with Crippen molar-refractivity contribution in [2.75, 3.05) is 12.4 Å². The minimum Gasteiger partial charge on any atom is -0.478 e. The molecule has 0 unspecified atom stereocenters. The highest BCUT2D eigenvalue weighted by molar-refractivity contribution is 14.1. The summed E-state index contributed by atoms with van der Waals surface area (Å²) in [6.07, 6.45) is 3.98. The third kappa shape index (κ3) is 4.95. The summed E-state index contributed by atoms with van der Waals surface area (Å²) in [5.74, 6) is -1.91. The smallest absolute Gasteiger partial charge is 0.338 e. The highest BCUT2D eigenvalue weighted by Gasteiger charge is 2.49. The number of carbonyl (C=O) groups excluding carboxylic acids is 3. The molecule has 10 heteroatoms. The molecule has 2 rings (SSSR count). The highest BCUT2D eigenvalue weighted by Crippen LogP contribution is 2.44. The van der Waals surface area contributed by atoms with E-state index >= 15 is 0 Å². The van der Waals surface area contributed by atoms with Crippen LogP contribution >= 0.6 is 67.8 Å². The van der Waals surface area contributed by atoms with E-state index in [1.54, 1.807) is 0 Å². The van der Waals surface area contributed by atoms with Crippen LogP contribution in [-0.4, -0.2) is 35.8 Å². The van der Waals surface area contributed by atoms with Gasteiger partial charge in [0.1, 0.15) is 3.57 Å². The van der Waals surface area contributed by atoms with Crippen molar-refractivity contribution in [3.63, 3.8) is 0 Å². The average Bonchev–Trinajstić information content (AvgIpc) is 2.63. The normalized spacial score (nSPS) is 16.0. The molecular weight excluding hydrogens is 717 g/mol. The summed E-state index contributed by atoms with van der Waals surface area (Å²) in [7, 11) is 1.52. The second kappa shape index (κ2) is 10.3. The number of unbranched alkanes of at least 4 members (excludes halogenated alkanes) is 2. The minimum atomic E-state index is -1.17. The molecule has 0 bridgehead atoms. The summed E-state index contributed by atoms with van der Waals surface area (Å²) in [6.45, 7) is 2.05. The molecule has 0 aromatic heterocycles. The molecule has 7 nitrogen and oxygen atoms in total. The van der Waals surface area contributed by atoms with Crippen LogP contribution in [0.15, 0.2) is 0 Å². The summed E-state index contributed by atoms with van der Waals surface area (Å²) in [6, 6.07) is 0. The number of halogens is 3. The van der Waals surface area contributed by atoms with Crippen LogP contribution in [-0.2, 0) is 14.4 Å². The number of aromatic carboxylic acids is 1. The molecule has 1 aliphatic rings. The quantitative estimate of drug-likeness (QED) is 0.180. The standard InChI is InChI=1S/C19H21I3N2O5/c1-3-4-5-7-10(25)23-17-14(20)13(19(28)29)15(21)18(16(17)22)24(2)11(26)8-6-9-12(24)27/h3-9H2,1-2H3,(H-,23,25,28,29)/p+1. The molecule has 1 heterocycles. The Labute approximate surface area is 210 Å². The summed E-state index contributed by atoms with van der Waals surface area (Å²) in [5, 5.41) is 12.6. The number of quaternary nitrogens is 1. The Morgan fingerprint density at radius 2 is 1.62 bits per heavy atom. The molecule has 0 spiro atoms. The largest absolute Gasteiger partial charge is 0.478 e. The van der Waals surface area contributed by atoms with E-state index in [0.29, 0.717) is 34.9 Å². The van der Waals surface area contributed by atoms with E-state index < -0.39 is 10.5 Å². The number of nitrogens with zero attached hydrogens (tertiary/aromatic N) is 1. The van der Waals surface area contributed by atoms with Gasteiger partial charge in [-0.05, 0) is 80.6 Å². The van der Waals surface area contributed by atoms with Crippen LogP contribution in [0.25, 0.3) is 0 Å². The number of likely N-dealkylation sites (tertiary alicyclic amines) is 1. The predicted molar refractivity (Wildman–Crippen MR) is 136 cm³/mol. The summed E-state index contributed by atoms with van der Waals surface area (Å²) < 4.78 is 0.683. The zero-order valence-electron chi connectivity index (χ0n) is 16.1. The minimum absolute atomic E-state index is 0.00371. The van der Waals surface area contributed by atoms with Crippen molar-refractivity contribution in [2.45, 2.75) is 51.9 Å².